The van der Waals surface area contributed by atoms with Crippen LogP contribution in [0.4, 0.5) is 0 Å². The fourth-order valence-electron chi connectivity index (χ4n) is 2.86. The molecule has 7 heteroatoms. The summed E-state index contributed by atoms with van der Waals surface area (Å²) in [7, 11) is 0. The van der Waals surface area contributed by atoms with E-state index in [1.54, 1.807) is 11.8 Å². The zero-order valence-corrected chi connectivity index (χ0v) is 15.9. The first-order valence-corrected chi connectivity index (χ1v) is 10.1. The van der Waals surface area contributed by atoms with Crippen molar-refractivity contribution < 1.29 is 4.52 Å². The molecule has 4 rings (SSSR count). The number of aryl methyl sites for hydroxylation is 1. The molecule has 1 aromatic carbocycles. The Labute approximate surface area is 157 Å². The SMILES string of the molecule is CCCCc1noc(C(C)Sc2nnc(C3CC3)n2-c2ccccc2)n1. The van der Waals surface area contributed by atoms with E-state index in [2.05, 4.69) is 50.9 Å². The average molecular weight is 369 g/mol. The second-order valence-electron chi connectivity index (χ2n) is 6.70. The van der Waals surface area contributed by atoms with E-state index >= 15 is 0 Å². The molecule has 3 aromatic rings. The molecule has 1 atom stereocenters. The van der Waals surface area contributed by atoms with E-state index in [4.69, 9.17) is 4.52 Å². The molecule has 0 saturated heterocycles. The lowest BCUT2D eigenvalue weighted by atomic mass is 10.2. The quantitative estimate of drug-likeness (QED) is 0.535. The molecular formula is C19H23N5OS. The Morgan fingerprint density at radius 2 is 2.04 bits per heavy atom. The molecule has 1 saturated carbocycles. The number of nitrogens with zero attached hydrogens (tertiary/aromatic N) is 5. The predicted octanol–water partition coefficient (Wildman–Crippen LogP) is 4.72. The summed E-state index contributed by atoms with van der Waals surface area (Å²) in [6.45, 7) is 4.23. The van der Waals surface area contributed by atoms with Crippen molar-refractivity contribution in [3.63, 3.8) is 0 Å². The average Bonchev–Trinajstić information content (AvgIpc) is 3.25. The number of unbranched alkanes of at least 4 members (excludes halogenated alkanes) is 1. The third kappa shape index (κ3) is 3.67. The second-order valence-corrected chi connectivity index (χ2v) is 8.01. The maximum atomic E-state index is 5.47. The highest BCUT2D eigenvalue weighted by molar-refractivity contribution is 7.99. The first-order chi connectivity index (χ1) is 12.8. The van der Waals surface area contributed by atoms with Crippen molar-refractivity contribution in [3.8, 4) is 5.69 Å². The molecule has 0 N–H and O–H groups in total. The van der Waals surface area contributed by atoms with Crippen molar-refractivity contribution in [1.29, 1.82) is 0 Å². The summed E-state index contributed by atoms with van der Waals surface area (Å²) in [6.07, 6.45) is 5.45. The Morgan fingerprint density at radius 1 is 1.23 bits per heavy atom. The van der Waals surface area contributed by atoms with Gasteiger partial charge in [-0.15, -0.1) is 10.2 Å². The third-order valence-electron chi connectivity index (χ3n) is 4.48. The molecule has 1 aliphatic rings. The van der Waals surface area contributed by atoms with Crippen molar-refractivity contribution in [3.05, 3.63) is 47.9 Å². The summed E-state index contributed by atoms with van der Waals surface area (Å²) in [5.74, 6) is 3.02. The minimum Gasteiger partial charge on any atom is -0.338 e. The van der Waals surface area contributed by atoms with Crippen LogP contribution in [0.15, 0.2) is 40.0 Å². The van der Waals surface area contributed by atoms with Gasteiger partial charge in [-0.3, -0.25) is 4.57 Å². The number of benzene rings is 1. The Bertz CT molecular complexity index is 856. The lowest BCUT2D eigenvalue weighted by Gasteiger charge is -2.11. The molecule has 2 heterocycles. The van der Waals surface area contributed by atoms with E-state index in [-0.39, 0.29) is 5.25 Å². The molecule has 0 radical (unpaired) electrons. The second kappa shape index (κ2) is 7.61. The lowest BCUT2D eigenvalue weighted by Crippen LogP contribution is -2.02. The van der Waals surface area contributed by atoms with Gasteiger partial charge >= 0.3 is 0 Å². The molecule has 1 fully saturated rings. The standard InChI is InChI=1S/C19H23N5OS/c1-3-4-10-16-20-18(25-23-16)13(2)26-19-22-21-17(14-11-12-14)24(19)15-8-6-5-7-9-15/h5-9,13-14H,3-4,10-12H2,1-2H3. The molecule has 2 aromatic heterocycles. The van der Waals surface area contributed by atoms with Gasteiger partial charge in [0.25, 0.3) is 0 Å². The summed E-state index contributed by atoms with van der Waals surface area (Å²) in [5, 5.41) is 13.9. The highest BCUT2D eigenvalue weighted by atomic mass is 32.2. The Hall–Kier alpha value is -2.15. The molecule has 0 spiro atoms. The smallest absolute Gasteiger partial charge is 0.239 e. The van der Waals surface area contributed by atoms with Crippen LogP contribution in [-0.4, -0.2) is 24.9 Å². The van der Waals surface area contributed by atoms with Crippen LogP contribution in [-0.2, 0) is 6.42 Å². The number of thioether (sulfide) groups is 1. The number of para-hydroxylation sites is 1. The van der Waals surface area contributed by atoms with Gasteiger partial charge in [-0.05, 0) is 38.3 Å². The minimum absolute atomic E-state index is 0.0246. The van der Waals surface area contributed by atoms with Crippen LogP contribution in [0.25, 0.3) is 5.69 Å². The molecule has 26 heavy (non-hydrogen) atoms. The van der Waals surface area contributed by atoms with Crippen LogP contribution in [0.1, 0.15) is 68.2 Å². The molecule has 0 aliphatic heterocycles. The van der Waals surface area contributed by atoms with Crippen LogP contribution in [0.3, 0.4) is 0 Å². The highest BCUT2D eigenvalue weighted by Crippen LogP contribution is 2.42. The van der Waals surface area contributed by atoms with E-state index in [1.807, 2.05) is 18.2 Å². The fourth-order valence-corrected chi connectivity index (χ4v) is 3.77. The maximum Gasteiger partial charge on any atom is 0.239 e. The molecule has 136 valence electrons. The van der Waals surface area contributed by atoms with Crippen LogP contribution in [0, 0.1) is 0 Å². The van der Waals surface area contributed by atoms with E-state index in [1.165, 1.54) is 12.8 Å². The number of rotatable bonds is 8. The Kier molecular flexibility index (Phi) is 5.06. The van der Waals surface area contributed by atoms with Gasteiger partial charge < -0.3 is 4.52 Å². The van der Waals surface area contributed by atoms with Gasteiger partial charge in [-0.1, -0.05) is 48.5 Å². The maximum absolute atomic E-state index is 5.47. The van der Waals surface area contributed by atoms with E-state index in [9.17, 15) is 0 Å². The zero-order valence-electron chi connectivity index (χ0n) is 15.1. The van der Waals surface area contributed by atoms with Gasteiger partial charge in [0.15, 0.2) is 11.0 Å². The number of aromatic nitrogens is 5. The van der Waals surface area contributed by atoms with Crippen molar-refractivity contribution in [2.75, 3.05) is 0 Å². The first kappa shape index (κ1) is 17.3. The van der Waals surface area contributed by atoms with Crippen LogP contribution in [0.2, 0.25) is 0 Å². The summed E-state index contributed by atoms with van der Waals surface area (Å²) in [6, 6.07) is 10.3. The molecule has 1 unspecified atom stereocenters. The molecule has 1 aliphatic carbocycles. The number of hydrogen-bond donors (Lipinski definition) is 0. The summed E-state index contributed by atoms with van der Waals surface area (Å²) < 4.78 is 7.64. The first-order valence-electron chi connectivity index (χ1n) is 9.26. The summed E-state index contributed by atoms with van der Waals surface area (Å²) >= 11 is 1.61. The predicted molar refractivity (Wildman–Crippen MR) is 101 cm³/mol. The minimum atomic E-state index is 0.0246. The van der Waals surface area contributed by atoms with Crippen molar-refractivity contribution in [1.82, 2.24) is 24.9 Å². The van der Waals surface area contributed by atoms with Gasteiger partial charge in [0.05, 0.1) is 5.25 Å². The van der Waals surface area contributed by atoms with E-state index in [0.29, 0.717) is 11.8 Å². The van der Waals surface area contributed by atoms with Crippen molar-refractivity contribution in [2.45, 2.75) is 62.3 Å². The molecule has 6 nitrogen and oxygen atoms in total. The monoisotopic (exact) mass is 369 g/mol. The summed E-state index contributed by atoms with van der Waals surface area (Å²) in [4.78, 5) is 4.54. The Morgan fingerprint density at radius 3 is 2.77 bits per heavy atom. The van der Waals surface area contributed by atoms with Gasteiger partial charge in [0.2, 0.25) is 5.89 Å². The van der Waals surface area contributed by atoms with Gasteiger partial charge in [0, 0.05) is 18.0 Å². The zero-order chi connectivity index (χ0) is 17.9. The van der Waals surface area contributed by atoms with E-state index in [0.717, 1.165) is 41.8 Å². The summed E-state index contributed by atoms with van der Waals surface area (Å²) in [5.41, 5.74) is 1.10. The van der Waals surface area contributed by atoms with Gasteiger partial charge in [0.1, 0.15) is 5.82 Å². The van der Waals surface area contributed by atoms with E-state index < -0.39 is 0 Å². The van der Waals surface area contributed by atoms with Crippen LogP contribution < -0.4 is 0 Å². The van der Waals surface area contributed by atoms with Crippen molar-refractivity contribution in [2.24, 2.45) is 0 Å². The Balaban J connectivity index is 1.57. The molecular weight excluding hydrogens is 346 g/mol. The van der Waals surface area contributed by atoms with Crippen molar-refractivity contribution >= 4 is 11.8 Å². The van der Waals surface area contributed by atoms with Crippen LogP contribution >= 0.6 is 11.8 Å². The molecule has 0 bridgehead atoms. The fraction of sp³-hybridized carbons (Fsp3) is 0.474. The highest BCUT2D eigenvalue weighted by Gasteiger charge is 2.31. The number of hydrogen-bond acceptors (Lipinski definition) is 6. The van der Waals surface area contributed by atoms with Gasteiger partial charge in [-0.25, -0.2) is 0 Å². The topological polar surface area (TPSA) is 69.6 Å². The largest absolute Gasteiger partial charge is 0.338 e. The van der Waals surface area contributed by atoms with Crippen LogP contribution in [0.5, 0.6) is 0 Å². The molecule has 0 amide bonds. The third-order valence-corrected chi connectivity index (χ3v) is 5.51. The lowest BCUT2D eigenvalue weighted by molar-refractivity contribution is 0.374. The normalized spacial score (nSPS) is 15.3. The van der Waals surface area contributed by atoms with Gasteiger partial charge in [-0.2, -0.15) is 4.98 Å².